The second kappa shape index (κ2) is 14.1. The Kier molecular flexibility index (Phi) is 10.8. The molecule has 0 bridgehead atoms. The molecule has 232 valence electrons. The Hall–Kier alpha value is -3.13. The summed E-state index contributed by atoms with van der Waals surface area (Å²) >= 11 is 0. The van der Waals surface area contributed by atoms with E-state index in [2.05, 4.69) is 65.8 Å². The first-order valence-corrected chi connectivity index (χ1v) is 15.4. The number of likely N-dealkylation sites (N-methyl/N-ethyl adjacent to an activating group) is 1. The van der Waals surface area contributed by atoms with Gasteiger partial charge in [0, 0.05) is 75.5 Å². The number of piperidine rings is 1. The molecule has 9 nitrogen and oxygen atoms in total. The number of aromatic nitrogens is 3. The van der Waals surface area contributed by atoms with Crippen molar-refractivity contribution in [1.29, 1.82) is 5.26 Å². The quantitative estimate of drug-likeness (QED) is 0.319. The van der Waals surface area contributed by atoms with E-state index in [1.54, 1.807) is 16.9 Å². The van der Waals surface area contributed by atoms with E-state index in [4.69, 9.17) is 9.72 Å². The van der Waals surface area contributed by atoms with Crippen LogP contribution in [0.4, 0.5) is 5.82 Å². The van der Waals surface area contributed by atoms with Crippen molar-refractivity contribution in [2.24, 2.45) is 11.3 Å². The normalized spacial score (nSPS) is 19.3. The van der Waals surface area contributed by atoms with E-state index in [-0.39, 0.29) is 18.9 Å². The summed E-state index contributed by atoms with van der Waals surface area (Å²) < 4.78 is 7.48. The first kappa shape index (κ1) is 32.8. The van der Waals surface area contributed by atoms with E-state index in [1.807, 2.05) is 19.2 Å². The Balaban J connectivity index is 0.00000423. The van der Waals surface area contributed by atoms with Crippen LogP contribution in [0.5, 0.6) is 5.75 Å². The van der Waals surface area contributed by atoms with Crippen molar-refractivity contribution in [1.82, 2.24) is 24.4 Å². The highest BCUT2D eigenvalue weighted by molar-refractivity contribution is 7.59. The molecular formula is C33H47N7O2S. The third-order valence-electron chi connectivity index (χ3n) is 9.04. The minimum atomic E-state index is 0. The Bertz CT molecular complexity index is 1420. The Morgan fingerprint density at radius 1 is 1.19 bits per heavy atom. The molecule has 10 heteroatoms. The Morgan fingerprint density at radius 3 is 2.58 bits per heavy atom. The standard InChI is InChI=1S/C33H45N7O2.H2S/c1-6-42-29-16-30(32-27(18-34)20-36-40(32)22-29)26-7-8-31(35-19-26)39-11-9-33(10-12-39,17-28(41)15-24(2)3)23-38-14-13-37(5)25(4)21-38;/h7-8,16,19-20,22,24-25H,6,9-15,17,21,23H2,1-5H3;1H2/t25-;/m0./s1. The summed E-state index contributed by atoms with van der Waals surface area (Å²) in [7, 11) is 2.21. The second-order valence-electron chi connectivity index (χ2n) is 12.8. The van der Waals surface area contributed by atoms with Crippen LogP contribution in [0.1, 0.15) is 58.9 Å². The third kappa shape index (κ3) is 7.51. The lowest BCUT2D eigenvalue weighted by atomic mass is 9.73. The van der Waals surface area contributed by atoms with E-state index in [0.717, 1.165) is 74.6 Å². The van der Waals surface area contributed by atoms with Crippen molar-refractivity contribution in [2.45, 2.75) is 59.4 Å². The number of nitrogens with zero attached hydrogens (tertiary/aromatic N) is 7. The summed E-state index contributed by atoms with van der Waals surface area (Å²) in [6, 6.07) is 8.89. The maximum absolute atomic E-state index is 13.1. The lowest BCUT2D eigenvalue weighted by Gasteiger charge is -2.47. The van der Waals surface area contributed by atoms with Gasteiger partial charge in [-0.25, -0.2) is 9.50 Å². The minimum Gasteiger partial charge on any atom is -0.492 e. The summed E-state index contributed by atoms with van der Waals surface area (Å²) in [5.74, 6) is 2.44. The molecule has 2 fully saturated rings. The maximum Gasteiger partial charge on any atom is 0.138 e. The summed E-state index contributed by atoms with van der Waals surface area (Å²) in [5, 5.41) is 14.0. The van der Waals surface area contributed by atoms with Crippen molar-refractivity contribution in [3.63, 3.8) is 0 Å². The SMILES string of the molecule is CCOc1cc(-c2ccc(N3CCC(CC(=O)CC(C)C)(CN4CCN(C)[C@@H](C)C4)CC3)nc2)c2c(C#N)cnn2c1.S. The summed E-state index contributed by atoms with van der Waals surface area (Å²) in [4.78, 5) is 25.4. The number of ketones is 1. The second-order valence-corrected chi connectivity index (χ2v) is 12.8. The molecule has 1 atom stereocenters. The number of piperazine rings is 1. The number of fused-ring (bicyclic) bond motifs is 1. The molecule has 3 aromatic heterocycles. The number of carbonyl (C=O) groups excluding carboxylic acids is 1. The minimum absolute atomic E-state index is 0. The van der Waals surface area contributed by atoms with Crippen LogP contribution in [0.15, 0.2) is 36.8 Å². The van der Waals surface area contributed by atoms with Crippen LogP contribution >= 0.6 is 13.5 Å². The van der Waals surface area contributed by atoms with Crippen molar-refractivity contribution >= 4 is 30.6 Å². The van der Waals surface area contributed by atoms with E-state index >= 15 is 0 Å². The van der Waals surface area contributed by atoms with Gasteiger partial charge in [-0.3, -0.25) is 9.69 Å². The van der Waals surface area contributed by atoms with Crippen molar-refractivity contribution in [3.05, 3.63) is 42.4 Å². The molecule has 2 aliphatic rings. The van der Waals surface area contributed by atoms with Gasteiger partial charge in [0.15, 0.2) is 0 Å². The molecule has 5 rings (SSSR count). The number of hydrogen-bond acceptors (Lipinski definition) is 8. The van der Waals surface area contributed by atoms with Gasteiger partial charge in [-0.2, -0.15) is 23.9 Å². The molecule has 0 unspecified atom stereocenters. The van der Waals surface area contributed by atoms with Crippen LogP contribution < -0.4 is 9.64 Å². The first-order valence-electron chi connectivity index (χ1n) is 15.4. The zero-order valence-electron chi connectivity index (χ0n) is 26.3. The van der Waals surface area contributed by atoms with E-state index < -0.39 is 0 Å². The molecule has 5 heterocycles. The van der Waals surface area contributed by atoms with E-state index in [0.29, 0.717) is 48.5 Å². The van der Waals surface area contributed by atoms with Gasteiger partial charge in [0.25, 0.3) is 0 Å². The highest BCUT2D eigenvalue weighted by atomic mass is 32.1. The zero-order valence-corrected chi connectivity index (χ0v) is 27.3. The highest BCUT2D eigenvalue weighted by Crippen LogP contribution is 2.39. The van der Waals surface area contributed by atoms with Gasteiger partial charge >= 0.3 is 0 Å². The number of ether oxygens (including phenoxy) is 1. The summed E-state index contributed by atoms with van der Waals surface area (Å²) in [6.07, 6.45) is 8.58. The summed E-state index contributed by atoms with van der Waals surface area (Å²) in [6.45, 7) is 15.0. The van der Waals surface area contributed by atoms with Gasteiger partial charge < -0.3 is 14.5 Å². The lowest BCUT2D eigenvalue weighted by Crippen LogP contribution is -2.55. The predicted molar refractivity (Wildman–Crippen MR) is 176 cm³/mol. The molecule has 3 aromatic rings. The van der Waals surface area contributed by atoms with Gasteiger partial charge in [-0.15, -0.1) is 0 Å². The first-order chi connectivity index (χ1) is 20.2. The van der Waals surface area contributed by atoms with Crippen LogP contribution in [0.25, 0.3) is 16.6 Å². The van der Waals surface area contributed by atoms with Gasteiger partial charge in [-0.1, -0.05) is 13.8 Å². The molecule has 0 aromatic carbocycles. The lowest BCUT2D eigenvalue weighted by molar-refractivity contribution is -0.123. The fourth-order valence-corrected chi connectivity index (χ4v) is 6.67. The van der Waals surface area contributed by atoms with Crippen molar-refractivity contribution in [2.75, 3.05) is 57.8 Å². The largest absolute Gasteiger partial charge is 0.492 e. The van der Waals surface area contributed by atoms with Gasteiger partial charge in [0.1, 0.15) is 23.4 Å². The Labute approximate surface area is 263 Å². The number of carbonyl (C=O) groups is 1. The molecule has 0 radical (unpaired) electrons. The number of anilines is 1. The molecule has 2 aliphatic heterocycles. The van der Waals surface area contributed by atoms with Crippen molar-refractivity contribution in [3.8, 4) is 22.9 Å². The number of pyridine rings is 2. The fourth-order valence-electron chi connectivity index (χ4n) is 6.67. The number of nitriles is 1. The fraction of sp³-hybridized carbons (Fsp3) is 0.576. The number of hydrogen-bond donors (Lipinski definition) is 0. The molecular weight excluding hydrogens is 558 g/mol. The van der Waals surface area contributed by atoms with Crippen LogP contribution in [-0.4, -0.2) is 89.1 Å². The third-order valence-corrected chi connectivity index (χ3v) is 9.04. The average molecular weight is 606 g/mol. The van der Waals surface area contributed by atoms with E-state index in [9.17, 15) is 10.1 Å². The molecule has 2 saturated heterocycles. The van der Waals surface area contributed by atoms with Crippen molar-refractivity contribution < 1.29 is 9.53 Å². The van der Waals surface area contributed by atoms with Gasteiger partial charge in [0.05, 0.1) is 30.1 Å². The average Bonchev–Trinajstić information content (AvgIpc) is 3.38. The monoisotopic (exact) mass is 605 g/mol. The molecule has 0 spiro atoms. The van der Waals surface area contributed by atoms with Crippen LogP contribution in [0.3, 0.4) is 0 Å². The number of rotatable bonds is 10. The molecule has 0 N–H and O–H groups in total. The highest BCUT2D eigenvalue weighted by Gasteiger charge is 2.39. The molecule has 0 amide bonds. The smallest absolute Gasteiger partial charge is 0.138 e. The van der Waals surface area contributed by atoms with Crippen LogP contribution in [-0.2, 0) is 4.79 Å². The van der Waals surface area contributed by atoms with Gasteiger partial charge in [-0.05, 0) is 63.3 Å². The van der Waals surface area contributed by atoms with Gasteiger partial charge in [0.2, 0.25) is 0 Å². The van der Waals surface area contributed by atoms with Crippen LogP contribution in [0, 0.1) is 22.7 Å². The topological polar surface area (TPSA) is 90.0 Å². The maximum atomic E-state index is 13.1. The predicted octanol–water partition coefficient (Wildman–Crippen LogP) is 5.01. The Morgan fingerprint density at radius 2 is 1.95 bits per heavy atom. The molecule has 43 heavy (non-hydrogen) atoms. The van der Waals surface area contributed by atoms with E-state index in [1.165, 1.54) is 0 Å². The molecule has 0 aliphatic carbocycles. The molecule has 0 saturated carbocycles. The zero-order chi connectivity index (χ0) is 29.9. The number of Topliss-reactive ketones (excluding diaryl/α,β-unsaturated/α-hetero) is 1. The summed E-state index contributed by atoms with van der Waals surface area (Å²) in [5.41, 5.74) is 3.07. The van der Waals surface area contributed by atoms with Crippen LogP contribution in [0.2, 0.25) is 0 Å².